The Labute approximate surface area is 124 Å². The maximum absolute atomic E-state index is 11.3. The molecular weight excluding hydrogens is 266 g/mol. The molecule has 21 heavy (non-hydrogen) atoms. The molecule has 2 rings (SSSR count). The molecule has 110 valence electrons. The molecule has 0 amide bonds. The molecule has 5 heteroatoms. The molecule has 2 aromatic rings. The molecule has 0 radical (unpaired) electrons. The second kappa shape index (κ2) is 6.85. The molecule has 0 bridgehead atoms. The van der Waals surface area contributed by atoms with Crippen LogP contribution in [0.3, 0.4) is 0 Å². The van der Waals surface area contributed by atoms with E-state index in [9.17, 15) is 4.79 Å². The maximum Gasteiger partial charge on any atom is 0.339 e. The number of hydrogen-bond donors (Lipinski definition) is 1. The van der Waals surface area contributed by atoms with Gasteiger partial charge in [-0.25, -0.2) is 4.79 Å². The van der Waals surface area contributed by atoms with Crippen LogP contribution in [0.4, 0.5) is 5.69 Å². The molecule has 0 fully saturated rings. The van der Waals surface area contributed by atoms with Gasteiger partial charge in [0.2, 0.25) is 0 Å². The number of nitrogen functional groups attached to an aromatic ring is 1. The van der Waals surface area contributed by atoms with Crippen molar-refractivity contribution in [3.63, 3.8) is 0 Å². The first-order chi connectivity index (χ1) is 10.1. The Morgan fingerprint density at radius 1 is 1.19 bits per heavy atom. The molecule has 1 aromatic heterocycles. The first kappa shape index (κ1) is 15.0. The fourth-order valence-electron chi connectivity index (χ4n) is 2.02. The summed E-state index contributed by atoms with van der Waals surface area (Å²) in [5.74, 6) is -0.371. The van der Waals surface area contributed by atoms with Gasteiger partial charge in [-0.05, 0) is 36.9 Å². The van der Waals surface area contributed by atoms with Crippen LogP contribution in [0.5, 0.6) is 0 Å². The molecule has 0 saturated heterocycles. The van der Waals surface area contributed by atoms with Crippen LogP contribution < -0.4 is 5.73 Å². The molecule has 0 atom stereocenters. The zero-order valence-electron chi connectivity index (χ0n) is 12.2. The first-order valence-electron chi connectivity index (χ1n) is 6.64. The van der Waals surface area contributed by atoms with Gasteiger partial charge in [-0.15, -0.1) is 0 Å². The topological polar surface area (TPSA) is 68.5 Å². The van der Waals surface area contributed by atoms with Gasteiger partial charge >= 0.3 is 5.97 Å². The van der Waals surface area contributed by atoms with Gasteiger partial charge in [0.1, 0.15) is 0 Å². The number of esters is 1. The van der Waals surface area contributed by atoms with Crippen molar-refractivity contribution >= 4 is 11.7 Å². The highest BCUT2D eigenvalue weighted by Crippen LogP contribution is 2.10. The Morgan fingerprint density at radius 2 is 1.90 bits per heavy atom. The van der Waals surface area contributed by atoms with Crippen LogP contribution in [0.2, 0.25) is 0 Å². The van der Waals surface area contributed by atoms with E-state index in [0.717, 1.165) is 17.9 Å². The van der Waals surface area contributed by atoms with Crippen molar-refractivity contribution in [2.75, 3.05) is 19.9 Å². The minimum Gasteiger partial charge on any atom is -0.465 e. The van der Waals surface area contributed by atoms with Gasteiger partial charge in [0, 0.05) is 25.0 Å². The third kappa shape index (κ3) is 4.29. The predicted molar refractivity (Wildman–Crippen MR) is 81.6 cm³/mol. The Kier molecular flexibility index (Phi) is 4.90. The third-order valence-corrected chi connectivity index (χ3v) is 3.11. The van der Waals surface area contributed by atoms with Crippen LogP contribution in [-0.2, 0) is 17.8 Å². The largest absolute Gasteiger partial charge is 0.465 e. The van der Waals surface area contributed by atoms with Crippen molar-refractivity contribution in [2.45, 2.75) is 13.1 Å². The summed E-state index contributed by atoms with van der Waals surface area (Å²) in [5, 5.41) is 0. The predicted octanol–water partition coefficient (Wildman–Crippen LogP) is 2.08. The number of aromatic nitrogens is 1. The quantitative estimate of drug-likeness (QED) is 0.673. The van der Waals surface area contributed by atoms with Crippen LogP contribution in [-0.4, -0.2) is 30.0 Å². The highest BCUT2D eigenvalue weighted by Gasteiger charge is 2.07. The van der Waals surface area contributed by atoms with E-state index in [1.54, 1.807) is 6.07 Å². The molecule has 1 aromatic carbocycles. The van der Waals surface area contributed by atoms with Crippen molar-refractivity contribution in [1.29, 1.82) is 0 Å². The van der Waals surface area contributed by atoms with Crippen molar-refractivity contribution in [1.82, 2.24) is 9.88 Å². The SMILES string of the molecule is COC(=O)c1ccc(CN(C)Cc2ccc(N)cc2)nc1. The van der Waals surface area contributed by atoms with E-state index >= 15 is 0 Å². The molecular formula is C16H19N3O2. The lowest BCUT2D eigenvalue weighted by molar-refractivity contribution is 0.0600. The molecule has 0 spiro atoms. The van der Waals surface area contributed by atoms with Crippen molar-refractivity contribution in [2.24, 2.45) is 0 Å². The van der Waals surface area contributed by atoms with Crippen molar-refractivity contribution in [3.8, 4) is 0 Å². The number of carbonyl (C=O) groups excluding carboxylic acids is 1. The Bertz CT molecular complexity index is 594. The van der Waals surface area contributed by atoms with E-state index in [-0.39, 0.29) is 5.97 Å². The lowest BCUT2D eigenvalue weighted by atomic mass is 10.2. The summed E-state index contributed by atoms with van der Waals surface area (Å²) >= 11 is 0. The summed E-state index contributed by atoms with van der Waals surface area (Å²) in [7, 11) is 3.38. The summed E-state index contributed by atoms with van der Waals surface area (Å²) in [4.78, 5) is 17.8. The van der Waals surface area contributed by atoms with E-state index in [0.29, 0.717) is 12.1 Å². The Hall–Kier alpha value is -2.40. The summed E-state index contributed by atoms with van der Waals surface area (Å²) in [6, 6.07) is 11.4. The monoisotopic (exact) mass is 285 g/mol. The molecule has 1 heterocycles. The number of ether oxygens (including phenoxy) is 1. The molecule has 0 aliphatic carbocycles. The maximum atomic E-state index is 11.3. The average Bonchev–Trinajstić information content (AvgIpc) is 2.49. The van der Waals surface area contributed by atoms with Crippen LogP contribution in [0.15, 0.2) is 42.6 Å². The van der Waals surface area contributed by atoms with E-state index in [4.69, 9.17) is 5.73 Å². The number of nitrogens with zero attached hydrogens (tertiary/aromatic N) is 2. The van der Waals surface area contributed by atoms with Crippen LogP contribution in [0.1, 0.15) is 21.6 Å². The number of pyridine rings is 1. The van der Waals surface area contributed by atoms with E-state index in [1.807, 2.05) is 37.4 Å². The normalized spacial score (nSPS) is 10.6. The zero-order valence-corrected chi connectivity index (χ0v) is 12.2. The highest BCUT2D eigenvalue weighted by molar-refractivity contribution is 5.88. The van der Waals surface area contributed by atoms with Gasteiger partial charge in [-0.1, -0.05) is 12.1 Å². The second-order valence-corrected chi connectivity index (χ2v) is 4.94. The summed E-state index contributed by atoms with van der Waals surface area (Å²) in [6.45, 7) is 1.51. The summed E-state index contributed by atoms with van der Waals surface area (Å²) in [6.07, 6.45) is 1.54. The van der Waals surface area contributed by atoms with Crippen LogP contribution in [0, 0.1) is 0 Å². The number of anilines is 1. The smallest absolute Gasteiger partial charge is 0.339 e. The number of methoxy groups -OCH3 is 1. The molecule has 2 N–H and O–H groups in total. The molecule has 5 nitrogen and oxygen atoms in total. The molecule has 0 unspecified atom stereocenters. The van der Waals surface area contributed by atoms with Gasteiger partial charge in [-0.3, -0.25) is 9.88 Å². The van der Waals surface area contributed by atoms with Gasteiger partial charge < -0.3 is 10.5 Å². The Morgan fingerprint density at radius 3 is 2.48 bits per heavy atom. The molecule has 0 saturated carbocycles. The molecule has 0 aliphatic rings. The number of nitrogens with two attached hydrogens (primary N) is 1. The van der Waals surface area contributed by atoms with Gasteiger partial charge in [0.05, 0.1) is 18.4 Å². The standard InChI is InChI=1S/C16H19N3O2/c1-19(10-12-3-6-14(17)7-4-12)11-15-8-5-13(9-18-15)16(20)21-2/h3-9H,10-11,17H2,1-2H3. The van der Waals surface area contributed by atoms with Crippen molar-refractivity contribution in [3.05, 3.63) is 59.4 Å². The average molecular weight is 285 g/mol. The summed E-state index contributed by atoms with van der Waals surface area (Å²) in [5.41, 5.74) is 8.99. The van der Waals surface area contributed by atoms with E-state index in [1.165, 1.54) is 18.9 Å². The number of rotatable bonds is 5. The summed E-state index contributed by atoms with van der Waals surface area (Å²) < 4.78 is 4.65. The number of carbonyl (C=O) groups is 1. The van der Waals surface area contributed by atoms with Gasteiger partial charge in [-0.2, -0.15) is 0 Å². The van der Waals surface area contributed by atoms with Gasteiger partial charge in [0.25, 0.3) is 0 Å². The number of benzene rings is 1. The van der Waals surface area contributed by atoms with E-state index in [2.05, 4.69) is 14.6 Å². The van der Waals surface area contributed by atoms with Crippen LogP contribution >= 0.6 is 0 Å². The zero-order chi connectivity index (χ0) is 15.2. The lowest BCUT2D eigenvalue weighted by Crippen LogP contribution is -2.18. The van der Waals surface area contributed by atoms with Crippen LogP contribution in [0.25, 0.3) is 0 Å². The van der Waals surface area contributed by atoms with Crippen molar-refractivity contribution < 1.29 is 9.53 Å². The Balaban J connectivity index is 1.94. The van der Waals surface area contributed by atoms with E-state index < -0.39 is 0 Å². The minimum absolute atomic E-state index is 0.371. The minimum atomic E-state index is -0.371. The third-order valence-electron chi connectivity index (χ3n) is 3.11. The number of hydrogen-bond acceptors (Lipinski definition) is 5. The highest BCUT2D eigenvalue weighted by atomic mass is 16.5. The fourth-order valence-corrected chi connectivity index (χ4v) is 2.02. The second-order valence-electron chi connectivity index (χ2n) is 4.94. The fraction of sp³-hybridized carbons (Fsp3) is 0.250. The lowest BCUT2D eigenvalue weighted by Gasteiger charge is -2.16. The first-order valence-corrected chi connectivity index (χ1v) is 6.64. The van der Waals surface area contributed by atoms with Gasteiger partial charge in [0.15, 0.2) is 0 Å². The molecule has 0 aliphatic heterocycles.